The van der Waals surface area contributed by atoms with Crippen LogP contribution in [-0.4, -0.2) is 55.4 Å². The van der Waals surface area contributed by atoms with E-state index in [0.717, 1.165) is 16.9 Å². The van der Waals surface area contributed by atoms with Gasteiger partial charge in [-0.25, -0.2) is 12.4 Å². The molecule has 8 heteroatoms. The standard InChI is InChI=1S/C25H26N2O5S/c1-26(2)16-5-17-32-21-8-10-22(11-9-21)33(30,31)27-23-7-4-3-6-19(23)18-24(27)25(29)14-12-20(28)13-15-25/h3-4,6-15,18,29H,5,16-17H2,1-2H3. The topological polar surface area (TPSA) is 88.8 Å². The molecule has 0 spiro atoms. The maximum absolute atomic E-state index is 13.7. The zero-order valence-corrected chi connectivity index (χ0v) is 19.3. The quantitative estimate of drug-likeness (QED) is 0.513. The Labute approximate surface area is 193 Å². The smallest absolute Gasteiger partial charge is 0.268 e. The lowest BCUT2D eigenvalue weighted by atomic mass is 9.94. The molecule has 1 heterocycles. The van der Waals surface area contributed by atoms with Crippen molar-refractivity contribution in [1.29, 1.82) is 0 Å². The highest BCUT2D eigenvalue weighted by Crippen LogP contribution is 2.35. The summed E-state index contributed by atoms with van der Waals surface area (Å²) in [5.74, 6) is 0.312. The molecule has 1 aliphatic rings. The van der Waals surface area contributed by atoms with Gasteiger partial charge >= 0.3 is 0 Å². The lowest BCUT2D eigenvalue weighted by molar-refractivity contribution is -0.110. The largest absolute Gasteiger partial charge is 0.494 e. The summed E-state index contributed by atoms with van der Waals surface area (Å²) in [6.45, 7) is 1.43. The van der Waals surface area contributed by atoms with Crippen LogP contribution in [0.3, 0.4) is 0 Å². The van der Waals surface area contributed by atoms with E-state index in [9.17, 15) is 18.3 Å². The van der Waals surface area contributed by atoms with Gasteiger partial charge in [0, 0.05) is 11.9 Å². The van der Waals surface area contributed by atoms with E-state index in [-0.39, 0.29) is 16.4 Å². The van der Waals surface area contributed by atoms with E-state index >= 15 is 0 Å². The van der Waals surface area contributed by atoms with Crippen molar-refractivity contribution in [2.24, 2.45) is 0 Å². The third kappa shape index (κ3) is 4.64. The fourth-order valence-corrected chi connectivity index (χ4v) is 5.33. The minimum Gasteiger partial charge on any atom is -0.494 e. The van der Waals surface area contributed by atoms with Crippen molar-refractivity contribution in [2.45, 2.75) is 16.9 Å². The molecule has 0 radical (unpaired) electrons. The van der Waals surface area contributed by atoms with Crippen molar-refractivity contribution >= 4 is 26.7 Å². The van der Waals surface area contributed by atoms with E-state index in [1.807, 2.05) is 14.1 Å². The number of ether oxygens (including phenoxy) is 1. The van der Waals surface area contributed by atoms with E-state index in [0.29, 0.717) is 23.3 Å². The maximum Gasteiger partial charge on any atom is 0.268 e. The second kappa shape index (κ2) is 8.97. The first kappa shape index (κ1) is 23.0. The lowest BCUT2D eigenvalue weighted by Gasteiger charge is -2.25. The Morgan fingerprint density at radius 1 is 1.03 bits per heavy atom. The predicted molar refractivity (Wildman–Crippen MR) is 127 cm³/mol. The molecule has 3 aromatic rings. The number of aliphatic hydroxyl groups is 1. The maximum atomic E-state index is 13.7. The van der Waals surface area contributed by atoms with Gasteiger partial charge in [0.25, 0.3) is 10.0 Å². The third-order valence-electron chi connectivity index (χ3n) is 5.46. The molecular formula is C25H26N2O5S. The van der Waals surface area contributed by atoms with Crippen molar-refractivity contribution < 1.29 is 23.1 Å². The summed E-state index contributed by atoms with van der Waals surface area (Å²) in [7, 11) is -0.0809. The number of hydrogen-bond acceptors (Lipinski definition) is 6. The number of ketones is 1. The summed E-state index contributed by atoms with van der Waals surface area (Å²) < 4.78 is 34.3. The molecule has 0 aliphatic heterocycles. The average Bonchev–Trinajstić information content (AvgIpc) is 3.20. The van der Waals surface area contributed by atoms with Crippen LogP contribution < -0.4 is 4.74 Å². The summed E-state index contributed by atoms with van der Waals surface area (Å²) >= 11 is 0. The number of fused-ring (bicyclic) bond motifs is 1. The molecular weight excluding hydrogens is 440 g/mol. The Bertz CT molecular complexity index is 1320. The number of rotatable bonds is 8. The Morgan fingerprint density at radius 2 is 1.70 bits per heavy atom. The molecule has 7 nitrogen and oxygen atoms in total. The number of aromatic nitrogens is 1. The van der Waals surface area contributed by atoms with E-state index in [1.54, 1.807) is 42.5 Å². The second-order valence-corrected chi connectivity index (χ2v) is 10.0. The van der Waals surface area contributed by atoms with Crippen molar-refractivity contribution in [3.63, 3.8) is 0 Å². The molecule has 4 rings (SSSR count). The van der Waals surface area contributed by atoms with Gasteiger partial charge in [-0.2, -0.15) is 0 Å². The Kier molecular flexibility index (Phi) is 6.25. The van der Waals surface area contributed by atoms with Crippen molar-refractivity contribution in [3.8, 4) is 5.75 Å². The number of allylic oxidation sites excluding steroid dienone is 2. The van der Waals surface area contributed by atoms with E-state index < -0.39 is 15.6 Å². The first-order chi connectivity index (χ1) is 15.7. The lowest BCUT2D eigenvalue weighted by Crippen LogP contribution is -2.29. The molecule has 1 aliphatic carbocycles. The minimum atomic E-state index is -4.07. The van der Waals surface area contributed by atoms with Crippen LogP contribution >= 0.6 is 0 Å². The number of hydrogen-bond donors (Lipinski definition) is 1. The molecule has 0 amide bonds. The highest BCUT2D eigenvalue weighted by atomic mass is 32.2. The van der Waals surface area contributed by atoms with Crippen LogP contribution in [0.2, 0.25) is 0 Å². The van der Waals surface area contributed by atoms with Crippen LogP contribution in [0.4, 0.5) is 0 Å². The van der Waals surface area contributed by atoms with E-state index in [1.165, 1.54) is 36.4 Å². The van der Waals surface area contributed by atoms with E-state index in [2.05, 4.69) is 4.90 Å². The summed E-state index contributed by atoms with van der Waals surface area (Å²) in [5, 5.41) is 11.9. The van der Waals surface area contributed by atoms with Crippen LogP contribution in [0.5, 0.6) is 5.75 Å². The van der Waals surface area contributed by atoms with Gasteiger partial charge < -0.3 is 14.7 Å². The average molecular weight is 467 g/mol. The molecule has 33 heavy (non-hydrogen) atoms. The Hall–Kier alpha value is -3.20. The van der Waals surface area contributed by atoms with Gasteiger partial charge in [-0.05, 0) is 81.2 Å². The highest BCUT2D eigenvalue weighted by Gasteiger charge is 2.34. The number of benzene rings is 2. The van der Waals surface area contributed by atoms with Crippen LogP contribution in [-0.2, 0) is 20.4 Å². The van der Waals surface area contributed by atoms with E-state index in [4.69, 9.17) is 4.74 Å². The molecule has 1 aromatic heterocycles. The highest BCUT2D eigenvalue weighted by molar-refractivity contribution is 7.90. The molecule has 0 atom stereocenters. The fraction of sp³-hybridized carbons (Fsp3) is 0.240. The molecule has 0 saturated heterocycles. The summed E-state index contributed by atoms with van der Waals surface area (Å²) in [6, 6.07) is 14.9. The van der Waals surface area contributed by atoms with Crippen LogP contribution in [0, 0.1) is 0 Å². The zero-order valence-electron chi connectivity index (χ0n) is 18.5. The number of carbonyl (C=O) groups excluding carboxylic acids is 1. The van der Waals surface area contributed by atoms with Crippen molar-refractivity contribution in [1.82, 2.24) is 8.87 Å². The normalized spacial score (nSPS) is 15.5. The van der Waals surface area contributed by atoms with Gasteiger partial charge in [0.15, 0.2) is 5.78 Å². The van der Waals surface area contributed by atoms with Gasteiger partial charge in [-0.15, -0.1) is 0 Å². The molecule has 0 unspecified atom stereocenters. The molecule has 0 bridgehead atoms. The molecule has 0 saturated carbocycles. The summed E-state index contributed by atoms with van der Waals surface area (Å²) in [6.07, 6.45) is 5.93. The molecule has 1 N–H and O–H groups in total. The zero-order chi connectivity index (χ0) is 23.6. The summed E-state index contributed by atoms with van der Waals surface area (Å²) in [5.41, 5.74) is -1.17. The Balaban J connectivity index is 1.72. The fourth-order valence-electron chi connectivity index (χ4n) is 3.75. The number of carbonyl (C=O) groups is 1. The van der Waals surface area contributed by atoms with Crippen LogP contribution in [0.15, 0.2) is 83.8 Å². The molecule has 172 valence electrons. The number of nitrogens with zero attached hydrogens (tertiary/aromatic N) is 2. The molecule has 0 fully saturated rings. The van der Waals surface area contributed by atoms with Crippen LogP contribution in [0.1, 0.15) is 12.1 Å². The van der Waals surface area contributed by atoms with Gasteiger partial charge in [0.1, 0.15) is 11.4 Å². The monoisotopic (exact) mass is 466 g/mol. The van der Waals surface area contributed by atoms with Gasteiger partial charge in [0.05, 0.1) is 22.7 Å². The van der Waals surface area contributed by atoms with Crippen molar-refractivity contribution in [3.05, 3.63) is 84.6 Å². The summed E-state index contributed by atoms with van der Waals surface area (Å²) in [4.78, 5) is 13.7. The molecule has 2 aromatic carbocycles. The number of para-hydroxylation sites is 1. The van der Waals surface area contributed by atoms with Gasteiger partial charge in [-0.1, -0.05) is 18.2 Å². The first-order valence-electron chi connectivity index (χ1n) is 10.6. The SMILES string of the molecule is CN(C)CCCOc1ccc(S(=O)(=O)n2c(C3(O)C=CC(=O)C=C3)cc3ccccc32)cc1. The van der Waals surface area contributed by atoms with Crippen LogP contribution in [0.25, 0.3) is 10.9 Å². The Morgan fingerprint density at radius 3 is 2.36 bits per heavy atom. The predicted octanol–water partition coefficient (Wildman–Crippen LogP) is 3.09. The first-order valence-corrected chi connectivity index (χ1v) is 12.0. The third-order valence-corrected chi connectivity index (χ3v) is 7.20. The second-order valence-electron chi connectivity index (χ2n) is 8.23. The van der Waals surface area contributed by atoms with Gasteiger partial charge in [0.2, 0.25) is 0 Å². The van der Waals surface area contributed by atoms with Crippen molar-refractivity contribution in [2.75, 3.05) is 27.2 Å². The minimum absolute atomic E-state index is 0.0641. The van der Waals surface area contributed by atoms with Gasteiger partial charge in [-0.3, -0.25) is 4.79 Å².